The second-order valence-corrected chi connectivity index (χ2v) is 6.76. The number of rotatable bonds is 5. The van der Waals surface area contributed by atoms with Crippen LogP contribution in [-0.2, 0) is 16.0 Å². The molecule has 0 spiro atoms. The van der Waals surface area contributed by atoms with E-state index in [-0.39, 0.29) is 0 Å². The molecule has 1 atom stereocenters. The fraction of sp³-hybridized carbons (Fsp3) is 0.368. The highest BCUT2D eigenvalue weighted by Crippen LogP contribution is 2.17. The van der Waals surface area contributed by atoms with Crippen molar-refractivity contribution in [3.8, 4) is 0 Å². The Balaban J connectivity index is 1.99. The van der Waals surface area contributed by atoms with E-state index in [1.165, 1.54) is 0 Å². The Labute approximate surface area is 141 Å². The predicted octanol–water partition coefficient (Wildman–Crippen LogP) is 3.75. The zero-order valence-corrected chi connectivity index (χ0v) is 14.2. The Hall–Kier alpha value is -2.56. The highest BCUT2D eigenvalue weighted by molar-refractivity contribution is 5.83. The molecule has 5 nitrogen and oxygen atoms in total. The van der Waals surface area contributed by atoms with Gasteiger partial charge in [-0.3, -0.25) is 0 Å². The van der Waals surface area contributed by atoms with Crippen LogP contribution in [0.4, 0.5) is 4.79 Å². The number of fused-ring (bicyclic) bond motifs is 1. The number of benzene rings is 2. The van der Waals surface area contributed by atoms with Gasteiger partial charge in [-0.25, -0.2) is 9.59 Å². The summed E-state index contributed by atoms with van der Waals surface area (Å²) in [6.07, 6.45) is 0.137. The standard InChI is InChI=1S/C19H23NO4/c1-19(2,3)24-18(23)20-16(17(21)22)11-9-13-8-10-14-6-4-5-7-15(14)12-13/h4-8,10,12,16H,9,11H2,1-3H3,(H,20,23)(H,21,22). The molecule has 2 rings (SSSR count). The third-order valence-electron chi connectivity index (χ3n) is 3.52. The first-order valence-corrected chi connectivity index (χ1v) is 7.94. The van der Waals surface area contributed by atoms with Crippen molar-refractivity contribution in [2.24, 2.45) is 0 Å². The SMILES string of the molecule is CC(C)(C)OC(=O)NC(CCc1ccc2ccccc2c1)C(=O)O. The number of carboxylic acids is 1. The summed E-state index contributed by atoms with van der Waals surface area (Å²) in [4.78, 5) is 23.1. The van der Waals surface area contributed by atoms with Gasteiger partial charge < -0.3 is 15.2 Å². The average Bonchev–Trinajstić information content (AvgIpc) is 2.49. The van der Waals surface area contributed by atoms with Crippen molar-refractivity contribution in [1.29, 1.82) is 0 Å². The maximum Gasteiger partial charge on any atom is 0.408 e. The number of carboxylic acid groups (broad SMARTS) is 1. The first-order chi connectivity index (χ1) is 11.2. The summed E-state index contributed by atoms with van der Waals surface area (Å²) in [5.41, 5.74) is 0.372. The molecule has 5 heteroatoms. The normalized spacial score (nSPS) is 12.6. The van der Waals surface area contributed by atoms with Crippen molar-refractivity contribution < 1.29 is 19.4 Å². The molecule has 0 radical (unpaired) electrons. The molecule has 0 aromatic heterocycles. The molecular weight excluding hydrogens is 306 g/mol. The van der Waals surface area contributed by atoms with Crippen LogP contribution in [0.25, 0.3) is 10.8 Å². The van der Waals surface area contributed by atoms with Gasteiger partial charge in [0.05, 0.1) is 0 Å². The maximum absolute atomic E-state index is 11.8. The molecule has 0 saturated carbocycles. The number of carbonyl (C=O) groups excluding carboxylic acids is 1. The van der Waals surface area contributed by atoms with Crippen LogP contribution in [-0.4, -0.2) is 28.8 Å². The summed E-state index contributed by atoms with van der Waals surface area (Å²) in [6, 6.07) is 13.1. The Bertz CT molecular complexity index is 733. The zero-order chi connectivity index (χ0) is 17.7. The number of nitrogens with one attached hydrogen (secondary N) is 1. The van der Waals surface area contributed by atoms with Gasteiger partial charge >= 0.3 is 12.1 Å². The minimum Gasteiger partial charge on any atom is -0.480 e. The molecule has 0 aliphatic carbocycles. The first-order valence-electron chi connectivity index (χ1n) is 7.94. The number of hydrogen-bond acceptors (Lipinski definition) is 3. The third kappa shape index (κ3) is 5.26. The number of alkyl carbamates (subject to hydrolysis) is 1. The average molecular weight is 329 g/mol. The highest BCUT2D eigenvalue weighted by Gasteiger charge is 2.23. The first kappa shape index (κ1) is 17.8. The quantitative estimate of drug-likeness (QED) is 0.876. The van der Waals surface area contributed by atoms with E-state index >= 15 is 0 Å². The number of aryl methyl sites for hydroxylation is 1. The third-order valence-corrected chi connectivity index (χ3v) is 3.52. The van der Waals surface area contributed by atoms with E-state index in [4.69, 9.17) is 4.74 Å². The molecule has 0 saturated heterocycles. The Kier molecular flexibility index (Phi) is 5.44. The molecule has 24 heavy (non-hydrogen) atoms. The van der Waals surface area contributed by atoms with Crippen LogP contribution >= 0.6 is 0 Å². The second kappa shape index (κ2) is 7.34. The van der Waals surface area contributed by atoms with E-state index in [1.807, 2.05) is 42.5 Å². The van der Waals surface area contributed by atoms with Gasteiger partial charge in [-0.15, -0.1) is 0 Å². The van der Waals surface area contributed by atoms with Gasteiger partial charge in [-0.05, 0) is 49.9 Å². The van der Waals surface area contributed by atoms with Gasteiger partial charge in [0.1, 0.15) is 11.6 Å². The van der Waals surface area contributed by atoms with Crippen LogP contribution in [0.2, 0.25) is 0 Å². The lowest BCUT2D eigenvalue weighted by atomic mass is 10.0. The lowest BCUT2D eigenvalue weighted by Crippen LogP contribution is -2.43. The van der Waals surface area contributed by atoms with Gasteiger partial charge in [-0.2, -0.15) is 0 Å². The summed E-state index contributed by atoms with van der Waals surface area (Å²) < 4.78 is 5.11. The summed E-state index contributed by atoms with van der Waals surface area (Å²) in [5, 5.41) is 14.0. The summed E-state index contributed by atoms with van der Waals surface area (Å²) in [5.74, 6) is -1.07. The van der Waals surface area contributed by atoms with E-state index < -0.39 is 23.7 Å². The van der Waals surface area contributed by atoms with E-state index in [0.717, 1.165) is 16.3 Å². The van der Waals surface area contributed by atoms with Crippen LogP contribution in [0.15, 0.2) is 42.5 Å². The topological polar surface area (TPSA) is 75.6 Å². The van der Waals surface area contributed by atoms with Crippen molar-refractivity contribution in [1.82, 2.24) is 5.32 Å². The number of amides is 1. The van der Waals surface area contributed by atoms with Crippen LogP contribution in [0.5, 0.6) is 0 Å². The molecule has 0 aliphatic heterocycles. The van der Waals surface area contributed by atoms with Gasteiger partial charge in [0.2, 0.25) is 0 Å². The van der Waals surface area contributed by atoms with E-state index in [2.05, 4.69) is 5.32 Å². The molecule has 128 valence electrons. The van der Waals surface area contributed by atoms with E-state index in [1.54, 1.807) is 20.8 Å². The Morgan fingerprint density at radius 1 is 1.12 bits per heavy atom. The van der Waals surface area contributed by atoms with Crippen LogP contribution < -0.4 is 5.32 Å². The monoisotopic (exact) mass is 329 g/mol. The summed E-state index contributed by atoms with van der Waals surface area (Å²) >= 11 is 0. The summed E-state index contributed by atoms with van der Waals surface area (Å²) in [6.45, 7) is 5.20. The van der Waals surface area contributed by atoms with Gasteiger partial charge in [0.25, 0.3) is 0 Å². The maximum atomic E-state index is 11.8. The highest BCUT2D eigenvalue weighted by atomic mass is 16.6. The molecule has 0 heterocycles. The molecule has 1 unspecified atom stereocenters. The molecule has 0 fully saturated rings. The zero-order valence-electron chi connectivity index (χ0n) is 14.2. The number of aliphatic carboxylic acids is 1. The van der Waals surface area contributed by atoms with Crippen molar-refractivity contribution in [3.05, 3.63) is 48.0 Å². The van der Waals surface area contributed by atoms with Crippen LogP contribution in [0.3, 0.4) is 0 Å². The molecule has 1 amide bonds. The molecule has 2 aromatic rings. The molecule has 2 aromatic carbocycles. The lowest BCUT2D eigenvalue weighted by molar-refractivity contribution is -0.139. The minimum atomic E-state index is -1.07. The largest absolute Gasteiger partial charge is 0.480 e. The Morgan fingerprint density at radius 2 is 1.79 bits per heavy atom. The molecule has 2 N–H and O–H groups in total. The number of ether oxygens (including phenoxy) is 1. The van der Waals surface area contributed by atoms with Gasteiger partial charge in [-0.1, -0.05) is 42.5 Å². The fourth-order valence-corrected chi connectivity index (χ4v) is 2.41. The van der Waals surface area contributed by atoms with E-state index in [9.17, 15) is 14.7 Å². The van der Waals surface area contributed by atoms with Gasteiger partial charge in [0, 0.05) is 0 Å². The van der Waals surface area contributed by atoms with Crippen LogP contribution in [0, 0.1) is 0 Å². The van der Waals surface area contributed by atoms with Crippen molar-refractivity contribution in [2.45, 2.75) is 45.3 Å². The fourth-order valence-electron chi connectivity index (χ4n) is 2.41. The van der Waals surface area contributed by atoms with E-state index in [0.29, 0.717) is 12.8 Å². The lowest BCUT2D eigenvalue weighted by Gasteiger charge is -2.22. The number of carbonyl (C=O) groups is 2. The minimum absolute atomic E-state index is 0.299. The molecule has 0 bridgehead atoms. The smallest absolute Gasteiger partial charge is 0.408 e. The number of hydrogen-bond donors (Lipinski definition) is 2. The Morgan fingerprint density at radius 3 is 2.42 bits per heavy atom. The van der Waals surface area contributed by atoms with Crippen molar-refractivity contribution in [3.63, 3.8) is 0 Å². The van der Waals surface area contributed by atoms with Gasteiger partial charge in [0.15, 0.2) is 0 Å². The van der Waals surface area contributed by atoms with Crippen LogP contribution in [0.1, 0.15) is 32.8 Å². The summed E-state index contributed by atoms with van der Waals surface area (Å²) in [7, 11) is 0. The predicted molar refractivity (Wildman–Crippen MR) is 93.1 cm³/mol. The van der Waals surface area contributed by atoms with Crippen molar-refractivity contribution >= 4 is 22.8 Å². The second-order valence-electron chi connectivity index (χ2n) is 6.76. The van der Waals surface area contributed by atoms with Crippen molar-refractivity contribution in [2.75, 3.05) is 0 Å². The molecular formula is C19H23NO4. The molecule has 0 aliphatic rings.